The first kappa shape index (κ1) is 56.9. The van der Waals surface area contributed by atoms with Gasteiger partial charge in [-0.2, -0.15) is 0 Å². The highest BCUT2D eigenvalue weighted by Gasteiger charge is 2.43. The van der Waals surface area contributed by atoms with Crippen LogP contribution in [0.25, 0.3) is 0 Å². The summed E-state index contributed by atoms with van der Waals surface area (Å²) < 4.78 is 17.2. The number of hydrogen-bond donors (Lipinski definition) is 11. The molecule has 0 aromatic carbocycles. The van der Waals surface area contributed by atoms with E-state index in [-0.39, 0.29) is 44.4 Å². The first-order chi connectivity index (χ1) is 30.0. The third kappa shape index (κ3) is 21.0. The highest BCUT2D eigenvalue weighted by Crippen LogP contribution is 2.28. The number of rotatable bonds is 2. The lowest BCUT2D eigenvalue weighted by Gasteiger charge is -2.41. The van der Waals surface area contributed by atoms with Gasteiger partial charge >= 0.3 is 5.97 Å². The van der Waals surface area contributed by atoms with Crippen molar-refractivity contribution < 1.29 is 74.9 Å². The van der Waals surface area contributed by atoms with Crippen LogP contribution < -0.4 is 5.73 Å². The van der Waals surface area contributed by atoms with Crippen LogP contribution in [0.15, 0.2) is 85.1 Å². The molecule has 12 N–H and O–H groups in total. The van der Waals surface area contributed by atoms with Gasteiger partial charge in [-0.05, 0) is 46.5 Å². The van der Waals surface area contributed by atoms with Crippen LogP contribution in [-0.4, -0.2) is 154 Å². The zero-order chi connectivity index (χ0) is 48.1. The number of ketones is 1. The first-order valence-corrected chi connectivity index (χ1v) is 22.3. The molecule has 64 heavy (non-hydrogen) atoms. The van der Waals surface area contributed by atoms with Gasteiger partial charge in [0.25, 0.3) is 0 Å². The molecule has 18 atom stereocenters. The maximum absolute atomic E-state index is 12.9. The fourth-order valence-electron chi connectivity index (χ4n) is 7.38. The van der Waals surface area contributed by atoms with Gasteiger partial charge in [-0.15, -0.1) is 0 Å². The van der Waals surface area contributed by atoms with Crippen molar-refractivity contribution in [2.45, 2.75) is 184 Å². The Bertz CT molecular complexity index is 1590. The van der Waals surface area contributed by atoms with E-state index >= 15 is 0 Å². The quantitative estimate of drug-likeness (QED) is 0.176. The fourth-order valence-corrected chi connectivity index (χ4v) is 7.38. The van der Waals surface area contributed by atoms with E-state index in [2.05, 4.69) is 0 Å². The minimum atomic E-state index is -1.80. The maximum Gasteiger partial charge on any atom is 0.308 e. The van der Waals surface area contributed by atoms with E-state index in [1.807, 2.05) is 49.5 Å². The SMILES string of the molecule is CC1OC(OC2/C=C/C=C/C=C/C=C/C=C/C=C/C=C/[C@H](C)[C@@H](O)[C@@H](C)[C@H](C)OC(=O)C[C@H](O)C[C@H](O)CC(O)CC[C@@H](O)C(=O)C[C@](C)(O)C[C@H](O)[C@@H](C)C(O)C2)C(O)C(N)C1O. The number of allylic oxidation sites excluding steroid dienone is 12. The number of hydrogen-bond acceptors (Lipinski definition) is 16. The van der Waals surface area contributed by atoms with Gasteiger partial charge in [-0.25, -0.2) is 0 Å². The highest BCUT2D eigenvalue weighted by atomic mass is 16.7. The molecule has 0 aromatic rings. The number of carbonyl (C=O) groups is 2. The van der Waals surface area contributed by atoms with Crippen LogP contribution in [0.2, 0.25) is 0 Å². The molecule has 0 saturated carbocycles. The molecule has 16 heteroatoms. The lowest BCUT2D eigenvalue weighted by atomic mass is 9.84. The lowest BCUT2D eigenvalue weighted by molar-refractivity contribution is -0.277. The first-order valence-electron chi connectivity index (χ1n) is 22.3. The summed E-state index contributed by atoms with van der Waals surface area (Å²) in [7, 11) is 0. The van der Waals surface area contributed by atoms with E-state index in [9.17, 15) is 60.7 Å². The Morgan fingerprint density at radius 1 is 0.625 bits per heavy atom. The summed E-state index contributed by atoms with van der Waals surface area (Å²) in [6, 6.07) is -1.06. The fraction of sp³-hybridized carbons (Fsp3) is 0.667. The van der Waals surface area contributed by atoms with Crippen LogP contribution in [0.1, 0.15) is 92.9 Å². The van der Waals surface area contributed by atoms with Crippen molar-refractivity contribution in [2.24, 2.45) is 23.5 Å². The molecule has 16 nitrogen and oxygen atoms in total. The molecule has 2 aliphatic rings. The normalized spacial score (nSPS) is 44.5. The Morgan fingerprint density at radius 3 is 1.73 bits per heavy atom. The summed E-state index contributed by atoms with van der Waals surface area (Å²) in [5, 5.41) is 107. The monoisotopic (exact) mass is 908 g/mol. The minimum absolute atomic E-state index is 0.0990. The summed E-state index contributed by atoms with van der Waals surface area (Å²) in [6.07, 6.45) is 7.94. The Kier molecular flexibility index (Phi) is 25.6. The topological polar surface area (TPSA) is 290 Å². The lowest BCUT2D eigenvalue weighted by Crippen LogP contribution is -2.61. The zero-order valence-electron chi connectivity index (χ0n) is 38.1. The van der Waals surface area contributed by atoms with E-state index < -0.39 is 128 Å². The van der Waals surface area contributed by atoms with Gasteiger partial charge in [0.1, 0.15) is 18.3 Å². The Hall–Kier alpha value is -3.20. The molecule has 0 spiro atoms. The van der Waals surface area contributed by atoms with Gasteiger partial charge in [0.15, 0.2) is 12.1 Å². The van der Waals surface area contributed by atoms with Crippen molar-refractivity contribution >= 4 is 11.8 Å². The van der Waals surface area contributed by atoms with E-state index in [4.69, 9.17) is 19.9 Å². The molecule has 0 aromatic heterocycles. The number of ether oxygens (including phenoxy) is 3. The van der Waals surface area contributed by atoms with E-state index in [0.29, 0.717) is 0 Å². The summed E-state index contributed by atoms with van der Waals surface area (Å²) in [5.41, 5.74) is 4.20. The summed E-state index contributed by atoms with van der Waals surface area (Å²) in [6.45, 7) is 9.68. The molecule has 2 heterocycles. The highest BCUT2D eigenvalue weighted by molar-refractivity contribution is 5.83. The molecule has 8 unspecified atom stereocenters. The average molecular weight is 908 g/mol. The van der Waals surface area contributed by atoms with Crippen molar-refractivity contribution in [1.82, 2.24) is 0 Å². The number of Topliss-reactive ketones (excluding diaryl/α,β-unsaturated/α-hetero) is 1. The second-order valence-corrected chi connectivity index (χ2v) is 17.8. The molecular formula is C48H77NO15. The van der Waals surface area contributed by atoms with Crippen LogP contribution >= 0.6 is 0 Å². The van der Waals surface area contributed by atoms with Crippen molar-refractivity contribution in [2.75, 3.05) is 0 Å². The molecule has 0 bridgehead atoms. The van der Waals surface area contributed by atoms with Crippen molar-refractivity contribution in [1.29, 1.82) is 0 Å². The minimum Gasteiger partial charge on any atom is -0.462 e. The van der Waals surface area contributed by atoms with Gasteiger partial charge < -0.3 is 71.0 Å². The average Bonchev–Trinajstić information content (AvgIpc) is 3.21. The number of cyclic esters (lactones) is 1. The van der Waals surface area contributed by atoms with Crippen LogP contribution in [0.5, 0.6) is 0 Å². The summed E-state index contributed by atoms with van der Waals surface area (Å²) >= 11 is 0. The molecule has 0 amide bonds. The number of aliphatic hydroxyl groups excluding tert-OH is 9. The van der Waals surface area contributed by atoms with E-state index in [1.54, 1.807) is 70.2 Å². The molecule has 1 saturated heterocycles. The number of aliphatic hydroxyl groups is 10. The van der Waals surface area contributed by atoms with Crippen LogP contribution in [0.4, 0.5) is 0 Å². The number of esters is 1. The van der Waals surface area contributed by atoms with Crippen molar-refractivity contribution in [3.05, 3.63) is 85.1 Å². The predicted molar refractivity (Wildman–Crippen MR) is 241 cm³/mol. The molecular weight excluding hydrogens is 831 g/mol. The van der Waals surface area contributed by atoms with E-state index in [1.165, 1.54) is 6.92 Å². The molecule has 2 aliphatic heterocycles. The Balaban J connectivity index is 2.26. The predicted octanol–water partition coefficient (Wildman–Crippen LogP) is 1.88. The third-order valence-corrected chi connectivity index (χ3v) is 11.8. The summed E-state index contributed by atoms with van der Waals surface area (Å²) in [4.78, 5) is 25.5. The number of carbonyl (C=O) groups excluding carboxylic acids is 2. The van der Waals surface area contributed by atoms with Gasteiger partial charge in [0.05, 0.1) is 73.0 Å². The van der Waals surface area contributed by atoms with Gasteiger partial charge in [0.2, 0.25) is 0 Å². The van der Waals surface area contributed by atoms with Crippen molar-refractivity contribution in [3.63, 3.8) is 0 Å². The summed E-state index contributed by atoms with van der Waals surface area (Å²) in [5.74, 6) is -3.05. The Morgan fingerprint density at radius 2 is 1.16 bits per heavy atom. The standard InChI is InChI=1S/C48H77NO15/c1-29-19-17-15-13-11-9-7-8-10-12-14-16-18-20-37(64-47-46(60)43(49)45(59)33(5)63-47)26-39(54)31(3)40(55)27-48(6,61)28-41(56)38(53)22-21-34(50)23-35(51)24-36(52)25-42(57)62-32(4)30(2)44(29)58/h7-20,29-40,43-47,50-55,58-61H,21-28,49H2,1-6H3/b8-7+,11-9+,12-10+,15-13+,16-14+,19-17+,20-18+/t29-,30-,31-,32-,33?,34?,35+,36+,37?,38+,39?,40-,43?,44+,45?,46?,47?,48+/m0/s1. The Labute approximate surface area is 378 Å². The molecule has 0 aliphatic carbocycles. The molecule has 1 fully saturated rings. The second kappa shape index (κ2) is 28.8. The maximum atomic E-state index is 12.9. The van der Waals surface area contributed by atoms with Gasteiger partial charge in [-0.3, -0.25) is 9.59 Å². The molecule has 0 radical (unpaired) electrons. The van der Waals surface area contributed by atoms with Crippen molar-refractivity contribution in [3.8, 4) is 0 Å². The molecule has 2 rings (SSSR count). The molecule has 364 valence electrons. The van der Waals surface area contributed by atoms with Crippen LogP contribution in [0.3, 0.4) is 0 Å². The van der Waals surface area contributed by atoms with Gasteiger partial charge in [0, 0.05) is 37.0 Å². The zero-order valence-corrected chi connectivity index (χ0v) is 38.1. The van der Waals surface area contributed by atoms with E-state index in [0.717, 1.165) is 0 Å². The smallest absolute Gasteiger partial charge is 0.308 e. The van der Waals surface area contributed by atoms with Crippen LogP contribution in [-0.2, 0) is 23.8 Å². The second-order valence-electron chi connectivity index (χ2n) is 17.8. The van der Waals surface area contributed by atoms with Gasteiger partial charge in [-0.1, -0.05) is 106 Å². The number of nitrogens with two attached hydrogens (primary N) is 1. The largest absolute Gasteiger partial charge is 0.462 e. The van der Waals surface area contributed by atoms with Crippen LogP contribution in [0, 0.1) is 17.8 Å². The third-order valence-electron chi connectivity index (χ3n) is 11.8.